The molecule has 0 amide bonds. The average Bonchev–Trinajstić information content (AvgIpc) is 1.69. The summed E-state index contributed by atoms with van der Waals surface area (Å²) >= 11 is 0. The van der Waals surface area contributed by atoms with E-state index in [0.717, 1.165) is 26.1 Å². The topological polar surface area (TPSA) is 35.2 Å². The molecule has 0 spiro atoms. The van der Waals surface area contributed by atoms with Crippen LogP contribution in [0.4, 0.5) is 0 Å². The van der Waals surface area contributed by atoms with Crippen LogP contribution in [0.25, 0.3) is 0 Å². The summed E-state index contributed by atoms with van der Waals surface area (Å²) in [6, 6.07) is 0.314. The second kappa shape index (κ2) is 4.13. The van der Waals surface area contributed by atoms with Gasteiger partial charge < -0.3 is 10.5 Å². The van der Waals surface area contributed by atoms with Crippen LogP contribution in [0.5, 0.6) is 0 Å². The first kappa shape index (κ1) is 8.21. The Morgan fingerprint density at radius 1 is 1.50 bits per heavy atom. The van der Waals surface area contributed by atoms with Gasteiger partial charge in [0.1, 0.15) is 0 Å². The molecule has 0 radical (unpaired) electrons. The van der Waals surface area contributed by atoms with Gasteiger partial charge in [-0.25, -0.2) is 0 Å². The fraction of sp³-hybridized carbons (Fsp3) is 1.00. The first-order chi connectivity index (χ1) is 3.39. The predicted molar refractivity (Wildman–Crippen MR) is 35.3 cm³/mol. The van der Waals surface area contributed by atoms with Crippen LogP contribution in [0.2, 0.25) is 0 Å². The summed E-state index contributed by atoms with van der Waals surface area (Å²) < 4.78 is 5.06. The Kier molecular flexibility index (Phi) is 4.23. The minimum atomic E-state index is 0. The van der Waals surface area contributed by atoms with Crippen molar-refractivity contribution in [2.24, 2.45) is 5.73 Å². The van der Waals surface area contributed by atoms with E-state index in [1.54, 1.807) is 0 Å². The molecular formula is C5H12ClNO. The van der Waals surface area contributed by atoms with E-state index in [1.165, 1.54) is 0 Å². The van der Waals surface area contributed by atoms with E-state index in [0.29, 0.717) is 6.04 Å². The van der Waals surface area contributed by atoms with Crippen LogP contribution >= 0.6 is 12.4 Å². The van der Waals surface area contributed by atoms with Crippen molar-refractivity contribution in [1.82, 2.24) is 0 Å². The van der Waals surface area contributed by atoms with Gasteiger partial charge in [0.2, 0.25) is 0 Å². The molecule has 50 valence electrons. The van der Waals surface area contributed by atoms with E-state index in [2.05, 4.69) is 0 Å². The van der Waals surface area contributed by atoms with Gasteiger partial charge in [-0.1, -0.05) is 0 Å². The summed E-state index contributed by atoms with van der Waals surface area (Å²) in [6.45, 7) is 1.67. The third kappa shape index (κ3) is 2.50. The van der Waals surface area contributed by atoms with Crippen LogP contribution in [0.15, 0.2) is 0 Å². The Balaban J connectivity index is 0.000000490. The summed E-state index contributed by atoms with van der Waals surface area (Å²) in [6.07, 6.45) is 2.28. The fourth-order valence-electron chi connectivity index (χ4n) is 0.766. The maximum absolute atomic E-state index is 5.51. The molecular weight excluding hydrogens is 126 g/mol. The SMILES string of the molecule is Cl.N[C@H]1CCCOC1. The number of ether oxygens (including phenoxy) is 1. The van der Waals surface area contributed by atoms with Crippen LogP contribution in [-0.4, -0.2) is 19.3 Å². The molecule has 1 aliphatic heterocycles. The summed E-state index contributed by atoms with van der Waals surface area (Å²) in [5, 5.41) is 0. The number of hydrogen-bond donors (Lipinski definition) is 1. The van der Waals surface area contributed by atoms with Crippen molar-refractivity contribution < 1.29 is 4.74 Å². The Morgan fingerprint density at radius 2 is 2.25 bits per heavy atom. The number of hydrogen-bond acceptors (Lipinski definition) is 2. The zero-order valence-corrected chi connectivity index (χ0v) is 5.62. The molecule has 0 unspecified atom stereocenters. The van der Waals surface area contributed by atoms with Crippen molar-refractivity contribution in [3.63, 3.8) is 0 Å². The van der Waals surface area contributed by atoms with Gasteiger partial charge in [-0.2, -0.15) is 0 Å². The summed E-state index contributed by atoms with van der Waals surface area (Å²) in [4.78, 5) is 0. The van der Waals surface area contributed by atoms with Crippen LogP contribution in [0.1, 0.15) is 12.8 Å². The highest BCUT2D eigenvalue weighted by Gasteiger charge is 2.06. The molecule has 1 atom stereocenters. The van der Waals surface area contributed by atoms with E-state index in [-0.39, 0.29) is 12.4 Å². The first-order valence-corrected chi connectivity index (χ1v) is 2.73. The second-order valence-corrected chi connectivity index (χ2v) is 1.98. The van der Waals surface area contributed by atoms with Crippen molar-refractivity contribution >= 4 is 12.4 Å². The molecule has 0 aromatic rings. The smallest absolute Gasteiger partial charge is 0.0617 e. The molecule has 0 bridgehead atoms. The second-order valence-electron chi connectivity index (χ2n) is 1.98. The highest BCUT2D eigenvalue weighted by molar-refractivity contribution is 5.85. The molecule has 1 rings (SSSR count). The molecule has 1 fully saturated rings. The third-order valence-corrected chi connectivity index (χ3v) is 1.20. The van der Waals surface area contributed by atoms with Crippen LogP contribution in [-0.2, 0) is 4.74 Å². The molecule has 8 heavy (non-hydrogen) atoms. The summed E-state index contributed by atoms with van der Waals surface area (Å²) in [5.41, 5.74) is 5.51. The number of nitrogens with two attached hydrogens (primary N) is 1. The molecule has 1 heterocycles. The first-order valence-electron chi connectivity index (χ1n) is 2.73. The molecule has 3 heteroatoms. The van der Waals surface area contributed by atoms with E-state index in [9.17, 15) is 0 Å². The summed E-state index contributed by atoms with van der Waals surface area (Å²) in [7, 11) is 0. The molecule has 2 N–H and O–H groups in total. The number of halogens is 1. The Hall–Kier alpha value is 0.210. The standard InChI is InChI=1S/C5H11NO.ClH/c6-5-2-1-3-7-4-5;/h5H,1-4,6H2;1H/t5-;/m0./s1. The largest absolute Gasteiger partial charge is 0.380 e. The van der Waals surface area contributed by atoms with Crippen molar-refractivity contribution in [2.45, 2.75) is 18.9 Å². The third-order valence-electron chi connectivity index (χ3n) is 1.20. The quantitative estimate of drug-likeness (QED) is 0.529. The van der Waals surface area contributed by atoms with E-state index < -0.39 is 0 Å². The summed E-state index contributed by atoms with van der Waals surface area (Å²) in [5.74, 6) is 0. The van der Waals surface area contributed by atoms with E-state index in [4.69, 9.17) is 10.5 Å². The van der Waals surface area contributed by atoms with Gasteiger partial charge in [-0.05, 0) is 12.8 Å². The molecule has 0 saturated carbocycles. The highest BCUT2D eigenvalue weighted by atomic mass is 35.5. The van der Waals surface area contributed by atoms with Crippen LogP contribution in [0.3, 0.4) is 0 Å². The van der Waals surface area contributed by atoms with Crippen LogP contribution < -0.4 is 5.73 Å². The molecule has 0 aliphatic carbocycles. The zero-order valence-electron chi connectivity index (χ0n) is 4.80. The fourth-order valence-corrected chi connectivity index (χ4v) is 0.766. The maximum atomic E-state index is 5.51. The van der Waals surface area contributed by atoms with Gasteiger partial charge in [0.15, 0.2) is 0 Å². The lowest BCUT2D eigenvalue weighted by atomic mass is 10.1. The maximum Gasteiger partial charge on any atom is 0.0617 e. The van der Waals surface area contributed by atoms with Crippen LogP contribution in [0, 0.1) is 0 Å². The predicted octanol–water partition coefficient (Wildman–Crippen LogP) is 0.546. The molecule has 1 saturated heterocycles. The Labute approximate surface area is 55.8 Å². The molecule has 0 aromatic carbocycles. The lowest BCUT2D eigenvalue weighted by Gasteiger charge is -2.16. The monoisotopic (exact) mass is 137 g/mol. The van der Waals surface area contributed by atoms with E-state index >= 15 is 0 Å². The van der Waals surface area contributed by atoms with Gasteiger partial charge in [0.05, 0.1) is 6.61 Å². The van der Waals surface area contributed by atoms with Crippen molar-refractivity contribution in [1.29, 1.82) is 0 Å². The van der Waals surface area contributed by atoms with Gasteiger partial charge in [-0.15, -0.1) is 12.4 Å². The average molecular weight is 138 g/mol. The minimum absolute atomic E-state index is 0. The van der Waals surface area contributed by atoms with Gasteiger partial charge >= 0.3 is 0 Å². The molecule has 2 nitrogen and oxygen atoms in total. The minimum Gasteiger partial charge on any atom is -0.380 e. The van der Waals surface area contributed by atoms with E-state index in [1.807, 2.05) is 0 Å². The van der Waals surface area contributed by atoms with Crippen molar-refractivity contribution in [3.05, 3.63) is 0 Å². The molecule has 1 aliphatic rings. The zero-order chi connectivity index (χ0) is 5.11. The normalized spacial score (nSPS) is 28.9. The number of rotatable bonds is 0. The lowest BCUT2D eigenvalue weighted by Crippen LogP contribution is -2.30. The molecule has 0 aromatic heterocycles. The Morgan fingerprint density at radius 3 is 2.50 bits per heavy atom. The van der Waals surface area contributed by atoms with Crippen molar-refractivity contribution in [2.75, 3.05) is 13.2 Å². The van der Waals surface area contributed by atoms with Crippen molar-refractivity contribution in [3.8, 4) is 0 Å². The lowest BCUT2D eigenvalue weighted by molar-refractivity contribution is 0.0822. The van der Waals surface area contributed by atoms with Gasteiger partial charge in [0.25, 0.3) is 0 Å². The van der Waals surface area contributed by atoms with Gasteiger partial charge in [0, 0.05) is 12.6 Å². The highest BCUT2D eigenvalue weighted by Crippen LogP contribution is 2.01. The Bertz CT molecular complexity index is 54.4. The van der Waals surface area contributed by atoms with Gasteiger partial charge in [-0.3, -0.25) is 0 Å².